The molecule has 2 aromatic rings. The molecule has 1 aromatic heterocycles. The summed E-state index contributed by atoms with van der Waals surface area (Å²) in [6.45, 7) is 1.71. The first kappa shape index (κ1) is 17.7. The van der Waals surface area contributed by atoms with Crippen LogP contribution in [0.5, 0.6) is 0 Å². The van der Waals surface area contributed by atoms with Crippen molar-refractivity contribution in [3.8, 4) is 10.4 Å². The number of amides is 3. The van der Waals surface area contributed by atoms with E-state index < -0.39 is 6.03 Å². The van der Waals surface area contributed by atoms with Crippen LogP contribution in [-0.2, 0) is 0 Å². The first-order chi connectivity index (χ1) is 12.0. The lowest BCUT2D eigenvalue weighted by Gasteiger charge is -2.23. The van der Waals surface area contributed by atoms with Gasteiger partial charge in [0.2, 0.25) is 0 Å². The lowest BCUT2D eigenvalue weighted by atomic mass is 10.1. The predicted molar refractivity (Wildman–Crippen MR) is 101 cm³/mol. The van der Waals surface area contributed by atoms with E-state index in [9.17, 15) is 9.59 Å². The number of urea groups is 1. The van der Waals surface area contributed by atoms with Gasteiger partial charge in [0.1, 0.15) is 5.00 Å². The van der Waals surface area contributed by atoms with Crippen molar-refractivity contribution >= 4 is 39.9 Å². The van der Waals surface area contributed by atoms with E-state index in [1.807, 2.05) is 18.2 Å². The molecule has 0 unspecified atom stereocenters. The Balaban J connectivity index is 1.89. The summed E-state index contributed by atoms with van der Waals surface area (Å²) >= 11 is 7.52. The Labute approximate surface area is 154 Å². The molecule has 1 fully saturated rings. The molecule has 0 bridgehead atoms. The molecular formula is C17H19ClN4O2S. The molecule has 132 valence electrons. The van der Waals surface area contributed by atoms with Crippen LogP contribution in [0, 0.1) is 0 Å². The molecule has 0 saturated carbocycles. The number of nitrogens with two attached hydrogens (primary N) is 1. The number of nitrogens with one attached hydrogen (secondary N) is 3. The lowest BCUT2D eigenvalue weighted by molar-refractivity contribution is 0.0932. The summed E-state index contributed by atoms with van der Waals surface area (Å²) in [7, 11) is 0. The van der Waals surface area contributed by atoms with Gasteiger partial charge in [0.25, 0.3) is 5.91 Å². The number of piperidine rings is 1. The summed E-state index contributed by atoms with van der Waals surface area (Å²) in [6, 6.07) is 8.47. The van der Waals surface area contributed by atoms with Crippen molar-refractivity contribution in [1.29, 1.82) is 0 Å². The highest BCUT2D eigenvalue weighted by Crippen LogP contribution is 2.38. The third-order valence-corrected chi connectivity index (χ3v) is 5.40. The number of hydrogen-bond acceptors (Lipinski definition) is 4. The van der Waals surface area contributed by atoms with Gasteiger partial charge in [-0.2, -0.15) is 0 Å². The number of carbonyl (C=O) groups is 2. The van der Waals surface area contributed by atoms with Gasteiger partial charge in [0.05, 0.1) is 5.56 Å². The molecule has 2 heterocycles. The van der Waals surface area contributed by atoms with Crippen LogP contribution in [0.4, 0.5) is 9.80 Å². The number of halogens is 1. The molecule has 3 amide bonds. The zero-order valence-electron chi connectivity index (χ0n) is 13.5. The zero-order chi connectivity index (χ0) is 17.8. The van der Waals surface area contributed by atoms with E-state index in [-0.39, 0.29) is 11.9 Å². The van der Waals surface area contributed by atoms with E-state index in [1.54, 1.807) is 12.1 Å². The van der Waals surface area contributed by atoms with E-state index in [0.717, 1.165) is 36.4 Å². The van der Waals surface area contributed by atoms with E-state index in [1.165, 1.54) is 11.3 Å². The maximum absolute atomic E-state index is 12.7. The summed E-state index contributed by atoms with van der Waals surface area (Å²) < 4.78 is 0. The van der Waals surface area contributed by atoms with Crippen molar-refractivity contribution in [3.63, 3.8) is 0 Å². The van der Waals surface area contributed by atoms with Crippen molar-refractivity contribution in [2.75, 3.05) is 18.4 Å². The monoisotopic (exact) mass is 378 g/mol. The minimum Gasteiger partial charge on any atom is -0.351 e. The number of thiophene rings is 1. The number of carbonyl (C=O) groups excluding carboxylic acids is 2. The summed E-state index contributed by atoms with van der Waals surface area (Å²) in [6.07, 6.45) is 1.95. The Morgan fingerprint density at radius 2 is 2.12 bits per heavy atom. The van der Waals surface area contributed by atoms with E-state index in [4.69, 9.17) is 17.3 Å². The summed E-state index contributed by atoms with van der Waals surface area (Å²) in [5, 5.41) is 9.81. The van der Waals surface area contributed by atoms with Gasteiger partial charge in [0.15, 0.2) is 0 Å². The Hall–Kier alpha value is -2.09. The Kier molecular flexibility index (Phi) is 5.57. The number of benzene rings is 1. The van der Waals surface area contributed by atoms with E-state index in [0.29, 0.717) is 15.6 Å². The number of hydrogen-bond donors (Lipinski definition) is 4. The highest BCUT2D eigenvalue weighted by atomic mass is 35.5. The van der Waals surface area contributed by atoms with Crippen LogP contribution in [0.1, 0.15) is 23.2 Å². The van der Waals surface area contributed by atoms with Crippen LogP contribution >= 0.6 is 22.9 Å². The fourth-order valence-corrected chi connectivity index (χ4v) is 4.19. The fraction of sp³-hybridized carbons (Fsp3) is 0.294. The van der Waals surface area contributed by atoms with Gasteiger partial charge >= 0.3 is 6.03 Å². The van der Waals surface area contributed by atoms with Crippen LogP contribution in [0.3, 0.4) is 0 Å². The minimum absolute atomic E-state index is 0.0753. The molecule has 0 radical (unpaired) electrons. The van der Waals surface area contributed by atoms with E-state index in [2.05, 4.69) is 16.0 Å². The molecule has 0 aliphatic carbocycles. The molecule has 3 rings (SSSR count). The SMILES string of the molecule is NC(=O)Nc1sc(-c2ccccc2Cl)cc1C(=O)N[C@H]1CCCNC1. The highest BCUT2D eigenvalue weighted by Gasteiger charge is 2.22. The standard InChI is InChI=1S/C17H19ClN4O2S/c18-13-6-2-1-5-11(13)14-8-12(16(25-14)22-17(19)24)15(23)21-10-4-3-7-20-9-10/h1-2,5-6,8,10,20H,3-4,7,9H2,(H,21,23)(H3,19,22,24)/t10-/m0/s1. The molecule has 1 aliphatic heterocycles. The van der Waals surface area contributed by atoms with Crippen molar-refractivity contribution in [3.05, 3.63) is 40.9 Å². The zero-order valence-corrected chi connectivity index (χ0v) is 15.0. The van der Waals surface area contributed by atoms with Gasteiger partial charge in [-0.15, -0.1) is 11.3 Å². The Morgan fingerprint density at radius 3 is 2.80 bits per heavy atom. The molecule has 5 N–H and O–H groups in total. The second-order valence-electron chi connectivity index (χ2n) is 5.84. The van der Waals surface area contributed by atoms with Crippen LogP contribution in [-0.4, -0.2) is 31.1 Å². The molecule has 0 spiro atoms. The quantitative estimate of drug-likeness (QED) is 0.658. The van der Waals surface area contributed by atoms with Crippen LogP contribution < -0.4 is 21.7 Å². The van der Waals surface area contributed by atoms with E-state index >= 15 is 0 Å². The summed E-state index contributed by atoms with van der Waals surface area (Å²) in [5.41, 5.74) is 6.44. The third-order valence-electron chi connectivity index (χ3n) is 3.98. The second-order valence-corrected chi connectivity index (χ2v) is 7.30. The number of rotatable bonds is 4. The van der Waals surface area contributed by atoms with Gasteiger partial charge < -0.3 is 16.4 Å². The number of anilines is 1. The molecule has 1 atom stereocenters. The molecule has 25 heavy (non-hydrogen) atoms. The van der Waals surface area contributed by atoms with Gasteiger partial charge in [-0.25, -0.2) is 4.79 Å². The van der Waals surface area contributed by atoms with Crippen molar-refractivity contribution in [1.82, 2.24) is 10.6 Å². The van der Waals surface area contributed by atoms with Gasteiger partial charge in [0, 0.05) is 28.0 Å². The molecule has 1 aromatic carbocycles. The largest absolute Gasteiger partial charge is 0.351 e. The highest BCUT2D eigenvalue weighted by molar-refractivity contribution is 7.20. The first-order valence-electron chi connectivity index (χ1n) is 8.01. The van der Waals surface area contributed by atoms with Crippen LogP contribution in [0.25, 0.3) is 10.4 Å². The van der Waals surface area contributed by atoms with Crippen molar-refractivity contribution in [2.24, 2.45) is 5.73 Å². The van der Waals surface area contributed by atoms with Gasteiger partial charge in [-0.3, -0.25) is 10.1 Å². The molecule has 1 saturated heterocycles. The summed E-state index contributed by atoms with van der Waals surface area (Å²) in [4.78, 5) is 24.8. The maximum atomic E-state index is 12.7. The maximum Gasteiger partial charge on any atom is 0.317 e. The smallest absolute Gasteiger partial charge is 0.317 e. The third kappa shape index (κ3) is 4.31. The molecule has 6 nitrogen and oxygen atoms in total. The Morgan fingerprint density at radius 1 is 1.32 bits per heavy atom. The van der Waals surface area contributed by atoms with Gasteiger partial charge in [-0.05, 0) is 31.5 Å². The van der Waals surface area contributed by atoms with Crippen molar-refractivity contribution in [2.45, 2.75) is 18.9 Å². The van der Waals surface area contributed by atoms with Crippen molar-refractivity contribution < 1.29 is 9.59 Å². The molecule has 1 aliphatic rings. The average Bonchev–Trinajstić information content (AvgIpc) is 2.99. The normalized spacial score (nSPS) is 17.1. The first-order valence-corrected chi connectivity index (χ1v) is 9.21. The van der Waals surface area contributed by atoms with Crippen LogP contribution in [0.15, 0.2) is 30.3 Å². The summed E-state index contributed by atoms with van der Waals surface area (Å²) in [5.74, 6) is -0.230. The Bertz CT molecular complexity index is 787. The second kappa shape index (κ2) is 7.86. The molecule has 8 heteroatoms. The average molecular weight is 379 g/mol. The van der Waals surface area contributed by atoms with Crippen LogP contribution in [0.2, 0.25) is 5.02 Å². The minimum atomic E-state index is -0.707. The fourth-order valence-electron chi connectivity index (χ4n) is 2.80. The lowest BCUT2D eigenvalue weighted by Crippen LogP contribution is -2.45. The van der Waals surface area contributed by atoms with Gasteiger partial charge in [-0.1, -0.05) is 29.8 Å². The topological polar surface area (TPSA) is 96.2 Å². The number of primary amides is 1. The predicted octanol–water partition coefficient (Wildman–Crippen LogP) is 3.04. The molecular weight excluding hydrogens is 360 g/mol.